The van der Waals surface area contributed by atoms with Crippen molar-refractivity contribution in [2.24, 2.45) is 5.92 Å². The van der Waals surface area contributed by atoms with Crippen LogP contribution in [0.3, 0.4) is 0 Å². The number of nitrogens with zero attached hydrogens (tertiary/aromatic N) is 8. The predicted molar refractivity (Wildman–Crippen MR) is 159 cm³/mol. The molecule has 3 saturated heterocycles. The number of anilines is 2. The first-order valence-corrected chi connectivity index (χ1v) is 17.7. The van der Waals surface area contributed by atoms with Crippen molar-refractivity contribution in [3.05, 3.63) is 25.3 Å². The molecule has 7 N–H and O–H groups in total. The van der Waals surface area contributed by atoms with Crippen LogP contribution in [0, 0.1) is 5.92 Å². The number of hydrogen-bond acceptors (Lipinski definition) is 18. The molecule has 0 amide bonds. The van der Waals surface area contributed by atoms with Gasteiger partial charge in [0, 0.05) is 16.9 Å². The van der Waals surface area contributed by atoms with E-state index in [1.165, 1.54) is 29.9 Å². The van der Waals surface area contributed by atoms with Crippen LogP contribution < -0.4 is 11.5 Å². The second-order valence-corrected chi connectivity index (χ2v) is 14.5. The van der Waals surface area contributed by atoms with Gasteiger partial charge >= 0.3 is 15.0 Å². The van der Waals surface area contributed by atoms with Crippen LogP contribution in [-0.2, 0) is 43.9 Å². The molecule has 7 rings (SSSR count). The van der Waals surface area contributed by atoms with Crippen LogP contribution in [-0.4, -0.2) is 97.6 Å². The lowest BCUT2D eigenvalue weighted by Gasteiger charge is -2.36. The van der Waals surface area contributed by atoms with Gasteiger partial charge in [0.15, 0.2) is 41.0 Å². The number of fused-ring (bicyclic) bond motifs is 5. The zero-order valence-corrected chi connectivity index (χ0v) is 26.5. The number of aliphatic hydroxyl groups excluding tert-OH is 1. The molecule has 246 valence electrons. The molecular weight excluding hydrogens is 670 g/mol. The molecule has 0 aromatic carbocycles. The average Bonchev–Trinajstić information content (AvgIpc) is 3.80. The third-order valence-corrected chi connectivity index (χ3v) is 10.6. The highest BCUT2D eigenvalue weighted by Gasteiger charge is 2.55. The summed E-state index contributed by atoms with van der Waals surface area (Å²) >= 11 is 5.29. The van der Waals surface area contributed by atoms with Crippen molar-refractivity contribution in [3.8, 4) is 0 Å². The Labute approximate surface area is 265 Å². The largest absolute Gasteiger partial charge is 0.698 e. The van der Waals surface area contributed by atoms with Crippen LogP contribution in [0.5, 0.6) is 0 Å². The first kappa shape index (κ1) is 31.7. The highest BCUT2D eigenvalue weighted by Crippen LogP contribution is 2.54. The number of hydrogen-bond donors (Lipinski definition) is 5. The molecule has 0 spiro atoms. The third kappa shape index (κ3) is 5.55. The monoisotopic (exact) mass is 699 g/mol. The Morgan fingerprint density at radius 2 is 1.67 bits per heavy atom. The SMILES string of the molecule is CC[C@@]1(O)OP(O)(=S)OC[C@H]2O[C@@H](n3cnc4c(N)ncnc43)[C@H](O[P+](=O)OC[C@H]3O[C@@H](n4cnc5c(N)ncnc54)C[C@@H]31)[C@@H]2O. The molecule has 0 saturated carbocycles. The second-order valence-electron chi connectivity index (χ2n) is 10.8. The van der Waals surface area contributed by atoms with Gasteiger partial charge in [0.25, 0.3) is 0 Å². The van der Waals surface area contributed by atoms with Crippen molar-refractivity contribution in [3.63, 3.8) is 0 Å². The zero-order chi connectivity index (χ0) is 32.4. The summed E-state index contributed by atoms with van der Waals surface area (Å²) in [6, 6.07) is 0. The van der Waals surface area contributed by atoms with E-state index in [2.05, 4.69) is 29.9 Å². The van der Waals surface area contributed by atoms with E-state index < -0.39 is 70.2 Å². The van der Waals surface area contributed by atoms with E-state index in [0.717, 1.165) is 0 Å². The van der Waals surface area contributed by atoms with Gasteiger partial charge < -0.3 is 40.6 Å². The van der Waals surface area contributed by atoms with E-state index in [9.17, 15) is 19.7 Å². The van der Waals surface area contributed by atoms with Gasteiger partial charge in [0.2, 0.25) is 0 Å². The Morgan fingerprint density at radius 3 is 2.35 bits per heavy atom. The summed E-state index contributed by atoms with van der Waals surface area (Å²) in [4.78, 5) is 35.9. The molecule has 2 bridgehead atoms. The summed E-state index contributed by atoms with van der Waals surface area (Å²) in [7, 11) is -2.91. The molecular formula is C23H29N10O10P2S+. The smallest absolute Gasteiger partial charge is 0.387 e. The average molecular weight is 700 g/mol. The van der Waals surface area contributed by atoms with Gasteiger partial charge in [-0.1, -0.05) is 6.92 Å². The van der Waals surface area contributed by atoms with Gasteiger partial charge in [-0.3, -0.25) is 13.7 Å². The minimum absolute atomic E-state index is 0.0552. The molecule has 3 fully saturated rings. The summed E-state index contributed by atoms with van der Waals surface area (Å²) in [5.41, 5.74) is 13.1. The van der Waals surface area contributed by atoms with E-state index >= 15 is 0 Å². The van der Waals surface area contributed by atoms with E-state index in [4.69, 9.17) is 50.8 Å². The van der Waals surface area contributed by atoms with Gasteiger partial charge in [-0.15, -0.1) is 9.05 Å². The lowest BCUT2D eigenvalue weighted by Crippen LogP contribution is -2.45. The third-order valence-electron chi connectivity index (χ3n) is 8.22. The second kappa shape index (κ2) is 12.0. The summed E-state index contributed by atoms with van der Waals surface area (Å²) in [5, 5.41) is 23.0. The van der Waals surface area contributed by atoms with Crippen molar-refractivity contribution < 1.29 is 47.2 Å². The quantitative estimate of drug-likeness (QED) is 0.181. The van der Waals surface area contributed by atoms with Crippen LogP contribution in [0.25, 0.3) is 22.3 Å². The molecule has 3 aliphatic rings. The van der Waals surface area contributed by atoms with Gasteiger partial charge in [0.1, 0.15) is 48.7 Å². The van der Waals surface area contributed by atoms with Gasteiger partial charge in [-0.2, -0.15) is 0 Å². The first-order valence-electron chi connectivity index (χ1n) is 14.0. The van der Waals surface area contributed by atoms with Crippen molar-refractivity contribution in [2.75, 3.05) is 24.7 Å². The summed E-state index contributed by atoms with van der Waals surface area (Å²) in [6.45, 7) is -3.41. The number of nitrogens with two attached hydrogens (primary N) is 2. The number of rotatable bonds is 3. The van der Waals surface area contributed by atoms with E-state index in [-0.39, 0.29) is 42.2 Å². The highest BCUT2D eigenvalue weighted by molar-refractivity contribution is 8.07. The van der Waals surface area contributed by atoms with Crippen LogP contribution in [0.2, 0.25) is 0 Å². The van der Waals surface area contributed by atoms with E-state index in [0.29, 0.717) is 11.2 Å². The fourth-order valence-corrected chi connectivity index (χ4v) is 8.29. The molecule has 10 atom stereocenters. The summed E-state index contributed by atoms with van der Waals surface area (Å²) < 4.78 is 51.3. The fourth-order valence-electron chi connectivity index (χ4n) is 5.91. The minimum atomic E-state index is -4.19. The number of ether oxygens (including phenoxy) is 2. The lowest BCUT2D eigenvalue weighted by atomic mass is 9.89. The summed E-state index contributed by atoms with van der Waals surface area (Å²) in [6.07, 6.45) is -1.44. The Bertz CT molecular complexity index is 1850. The van der Waals surface area contributed by atoms with Crippen LogP contribution in [0.4, 0.5) is 11.6 Å². The van der Waals surface area contributed by atoms with Crippen LogP contribution in [0.1, 0.15) is 32.2 Å². The molecule has 0 radical (unpaired) electrons. The molecule has 20 nitrogen and oxygen atoms in total. The van der Waals surface area contributed by atoms with Crippen molar-refractivity contribution in [1.29, 1.82) is 0 Å². The topological polar surface area (TPSA) is 272 Å². The Kier molecular flexibility index (Phi) is 8.23. The van der Waals surface area contributed by atoms with Crippen molar-refractivity contribution in [1.82, 2.24) is 39.0 Å². The maximum absolute atomic E-state index is 13.3. The maximum atomic E-state index is 13.3. The molecule has 7 heterocycles. The molecule has 2 unspecified atom stereocenters. The molecule has 23 heteroatoms. The van der Waals surface area contributed by atoms with Crippen LogP contribution in [0.15, 0.2) is 25.3 Å². The van der Waals surface area contributed by atoms with Gasteiger partial charge in [-0.05, 0) is 18.2 Å². The molecule has 4 aromatic heterocycles. The highest BCUT2D eigenvalue weighted by atomic mass is 32.5. The van der Waals surface area contributed by atoms with E-state index in [1.807, 2.05) is 0 Å². The van der Waals surface area contributed by atoms with Crippen molar-refractivity contribution >= 4 is 60.7 Å². The van der Waals surface area contributed by atoms with Gasteiger partial charge in [-0.25, -0.2) is 29.9 Å². The number of aromatic nitrogens is 8. The standard InChI is InChI=1S/C23H28N10O10P2S/c1-2-23(35)10-3-13(32-8-30-14-18(24)26-6-28-20(14)32)40-11(10)4-38-44(36)42-17-16(34)12(5-39-45(37,46)43-23)41-22(17)33-9-31-15-19(25)27-7-29-21(15)33/h6-13,16-17,22,34-35H,2-5H2,1H3,(H4-,24,25,26,27,28,29,37,46)/p+1/t10-,11+,12+,13+,16+,17+,22+,23+,45?/m0/s1. The number of nitrogen functional groups attached to an aromatic ring is 2. The molecule has 3 aliphatic heterocycles. The first-order chi connectivity index (χ1) is 22.0. The molecule has 46 heavy (non-hydrogen) atoms. The van der Waals surface area contributed by atoms with Gasteiger partial charge in [0.05, 0.1) is 25.4 Å². The zero-order valence-electron chi connectivity index (χ0n) is 23.9. The minimum Gasteiger partial charge on any atom is -0.387 e. The summed E-state index contributed by atoms with van der Waals surface area (Å²) in [5.74, 6) is -2.71. The normalized spacial score (nSPS) is 36.6. The lowest BCUT2D eigenvalue weighted by molar-refractivity contribution is -0.200. The van der Waals surface area contributed by atoms with Crippen LogP contribution >= 0.6 is 15.0 Å². The Morgan fingerprint density at radius 1 is 1.02 bits per heavy atom. The predicted octanol–water partition coefficient (Wildman–Crippen LogP) is 0.414. The fraction of sp³-hybridized carbons (Fsp3) is 0.565. The number of imidazole rings is 2. The Balaban J connectivity index is 1.21. The number of aliphatic hydroxyl groups is 2. The van der Waals surface area contributed by atoms with Crippen molar-refractivity contribution in [2.45, 2.75) is 62.4 Å². The molecule has 4 aromatic rings. The van der Waals surface area contributed by atoms with E-state index in [1.54, 1.807) is 11.5 Å². The maximum Gasteiger partial charge on any atom is 0.698 e. The molecule has 0 aliphatic carbocycles. The Hall–Kier alpha value is -2.91.